The van der Waals surface area contributed by atoms with Gasteiger partial charge in [0.25, 0.3) is 5.92 Å². The predicted molar refractivity (Wildman–Crippen MR) is 68.6 cm³/mol. The normalized spacial score (nSPS) is 28.7. The Hall–Kier alpha value is -0.950. The average molecular weight is 292 g/mol. The molecule has 116 valence electrons. The number of nitrogens with zero attached hydrogens (tertiary/aromatic N) is 1. The van der Waals surface area contributed by atoms with E-state index in [-0.39, 0.29) is 13.2 Å². The number of morpholine rings is 1. The minimum Gasteiger partial charge on any atom is -0.444 e. The minimum absolute atomic E-state index is 0.196. The predicted octanol–water partition coefficient (Wildman–Crippen LogP) is 1.75. The number of hydrogen-bond acceptors (Lipinski definition) is 4. The van der Waals surface area contributed by atoms with Crippen LogP contribution in [0.2, 0.25) is 0 Å². The summed E-state index contributed by atoms with van der Waals surface area (Å²) in [6.07, 6.45) is -1.82. The Kier molecular flexibility index (Phi) is 3.71. The lowest BCUT2D eigenvalue weighted by molar-refractivity contribution is -0.179. The summed E-state index contributed by atoms with van der Waals surface area (Å²) in [5.74, 6) is -2.72. The molecule has 0 aromatic heterocycles. The van der Waals surface area contributed by atoms with Crippen LogP contribution in [-0.2, 0) is 9.47 Å². The summed E-state index contributed by atoms with van der Waals surface area (Å²) in [6, 6.07) is 0. The molecule has 5 nitrogen and oxygen atoms in total. The number of hydrogen-bond donors (Lipinski definition) is 1. The van der Waals surface area contributed by atoms with Gasteiger partial charge in [-0.05, 0) is 20.8 Å². The molecule has 2 N–H and O–H groups in total. The van der Waals surface area contributed by atoms with Gasteiger partial charge in [-0.3, -0.25) is 0 Å². The van der Waals surface area contributed by atoms with E-state index >= 15 is 0 Å². The Balaban J connectivity index is 1.94. The molecule has 2 aliphatic rings. The van der Waals surface area contributed by atoms with E-state index < -0.39 is 42.1 Å². The Bertz CT molecular complexity index is 388. The van der Waals surface area contributed by atoms with Crippen molar-refractivity contribution in [2.75, 3.05) is 19.7 Å². The number of halogens is 2. The van der Waals surface area contributed by atoms with E-state index in [1.165, 1.54) is 4.90 Å². The SMILES string of the molecule is CC(C)(C)OC(=O)N1CCOC(C2(N)CC(F)(F)C2)C1. The van der Waals surface area contributed by atoms with Crippen molar-refractivity contribution in [3.05, 3.63) is 0 Å². The quantitative estimate of drug-likeness (QED) is 0.799. The van der Waals surface area contributed by atoms with Crippen molar-refractivity contribution < 1.29 is 23.0 Å². The van der Waals surface area contributed by atoms with Crippen LogP contribution in [0, 0.1) is 0 Å². The summed E-state index contributed by atoms with van der Waals surface area (Å²) >= 11 is 0. The molecule has 0 bridgehead atoms. The molecule has 0 aromatic carbocycles. The van der Waals surface area contributed by atoms with E-state index in [1.54, 1.807) is 20.8 Å². The highest BCUT2D eigenvalue weighted by Crippen LogP contribution is 2.47. The second kappa shape index (κ2) is 4.80. The van der Waals surface area contributed by atoms with Crippen LogP contribution in [0.5, 0.6) is 0 Å². The molecule has 20 heavy (non-hydrogen) atoms. The summed E-state index contributed by atoms with van der Waals surface area (Å²) in [5.41, 5.74) is 4.32. The topological polar surface area (TPSA) is 64.8 Å². The Labute approximate surface area is 117 Å². The number of rotatable bonds is 1. The molecule has 1 saturated carbocycles. The summed E-state index contributed by atoms with van der Waals surface area (Å²) < 4.78 is 36.8. The lowest BCUT2D eigenvalue weighted by atomic mass is 9.70. The molecule has 7 heteroatoms. The van der Waals surface area contributed by atoms with Gasteiger partial charge in [0.1, 0.15) is 5.60 Å². The third-order valence-electron chi connectivity index (χ3n) is 3.53. The van der Waals surface area contributed by atoms with Crippen molar-refractivity contribution in [2.24, 2.45) is 5.73 Å². The fraction of sp³-hybridized carbons (Fsp3) is 0.923. The first-order valence-corrected chi connectivity index (χ1v) is 6.77. The fourth-order valence-corrected chi connectivity index (χ4v) is 2.63. The minimum atomic E-state index is -2.72. The van der Waals surface area contributed by atoms with E-state index in [0.29, 0.717) is 6.54 Å². The molecule has 0 radical (unpaired) electrons. The van der Waals surface area contributed by atoms with Crippen LogP contribution in [0.3, 0.4) is 0 Å². The van der Waals surface area contributed by atoms with Gasteiger partial charge in [0.2, 0.25) is 0 Å². The molecule has 2 fully saturated rings. The highest BCUT2D eigenvalue weighted by atomic mass is 19.3. The first-order valence-electron chi connectivity index (χ1n) is 6.77. The van der Waals surface area contributed by atoms with Gasteiger partial charge >= 0.3 is 6.09 Å². The summed E-state index contributed by atoms with van der Waals surface area (Å²) in [6.45, 7) is 6.20. The highest BCUT2D eigenvalue weighted by molar-refractivity contribution is 5.68. The Morgan fingerprint density at radius 1 is 1.40 bits per heavy atom. The molecule has 1 aliphatic heterocycles. The van der Waals surface area contributed by atoms with E-state index in [2.05, 4.69) is 0 Å². The number of carbonyl (C=O) groups is 1. The van der Waals surface area contributed by atoms with Gasteiger partial charge in [0, 0.05) is 19.4 Å². The number of ether oxygens (including phenoxy) is 2. The largest absolute Gasteiger partial charge is 0.444 e. The molecule has 1 saturated heterocycles. The third kappa shape index (κ3) is 3.38. The first kappa shape index (κ1) is 15.4. The van der Waals surface area contributed by atoms with Crippen LogP contribution < -0.4 is 5.73 Å². The smallest absolute Gasteiger partial charge is 0.410 e. The van der Waals surface area contributed by atoms with Crippen molar-refractivity contribution >= 4 is 6.09 Å². The molecule has 1 unspecified atom stereocenters. The van der Waals surface area contributed by atoms with Crippen molar-refractivity contribution in [1.82, 2.24) is 4.90 Å². The van der Waals surface area contributed by atoms with E-state index in [9.17, 15) is 13.6 Å². The van der Waals surface area contributed by atoms with Gasteiger partial charge in [-0.2, -0.15) is 0 Å². The van der Waals surface area contributed by atoms with Gasteiger partial charge in [-0.1, -0.05) is 0 Å². The number of amides is 1. The van der Waals surface area contributed by atoms with Crippen molar-refractivity contribution in [3.63, 3.8) is 0 Å². The maximum absolute atomic E-state index is 13.0. The van der Waals surface area contributed by atoms with E-state index in [1.807, 2.05) is 0 Å². The van der Waals surface area contributed by atoms with Crippen molar-refractivity contribution in [2.45, 2.75) is 56.8 Å². The van der Waals surface area contributed by atoms with E-state index in [4.69, 9.17) is 15.2 Å². The van der Waals surface area contributed by atoms with Crippen LogP contribution in [-0.4, -0.2) is 53.9 Å². The zero-order valence-electron chi connectivity index (χ0n) is 12.1. The maximum Gasteiger partial charge on any atom is 0.410 e. The van der Waals surface area contributed by atoms with Gasteiger partial charge in [0.15, 0.2) is 0 Å². The number of alkyl halides is 2. The van der Waals surface area contributed by atoms with Gasteiger partial charge < -0.3 is 20.1 Å². The second-order valence-electron chi connectivity index (χ2n) is 6.73. The molecular weight excluding hydrogens is 270 g/mol. The number of nitrogens with two attached hydrogens (primary N) is 1. The summed E-state index contributed by atoms with van der Waals surface area (Å²) in [5, 5.41) is 0. The number of carbonyl (C=O) groups excluding carboxylic acids is 1. The zero-order valence-corrected chi connectivity index (χ0v) is 12.1. The van der Waals surface area contributed by atoms with Crippen LogP contribution in [0.1, 0.15) is 33.6 Å². The Morgan fingerprint density at radius 2 is 2.00 bits per heavy atom. The monoisotopic (exact) mass is 292 g/mol. The van der Waals surface area contributed by atoms with E-state index in [0.717, 1.165) is 0 Å². The average Bonchev–Trinajstić information content (AvgIpc) is 2.24. The van der Waals surface area contributed by atoms with Crippen molar-refractivity contribution in [1.29, 1.82) is 0 Å². The first-order chi connectivity index (χ1) is 9.01. The van der Waals surface area contributed by atoms with Crippen LogP contribution in [0.4, 0.5) is 13.6 Å². The second-order valence-corrected chi connectivity index (χ2v) is 6.73. The van der Waals surface area contributed by atoms with Crippen LogP contribution >= 0.6 is 0 Å². The molecule has 0 spiro atoms. The van der Waals surface area contributed by atoms with Crippen LogP contribution in [0.15, 0.2) is 0 Å². The highest BCUT2D eigenvalue weighted by Gasteiger charge is 2.59. The molecule has 1 heterocycles. The summed E-state index contributed by atoms with van der Waals surface area (Å²) in [4.78, 5) is 13.5. The lowest BCUT2D eigenvalue weighted by Gasteiger charge is -2.51. The van der Waals surface area contributed by atoms with Crippen molar-refractivity contribution in [3.8, 4) is 0 Å². The van der Waals surface area contributed by atoms with Gasteiger partial charge in [-0.25, -0.2) is 13.6 Å². The standard InChI is InChI=1S/C13H22F2N2O3/c1-11(2,3)20-10(18)17-4-5-19-9(6-17)12(16)7-13(14,15)8-12/h9H,4-8,16H2,1-3H3. The van der Waals surface area contributed by atoms with Gasteiger partial charge in [0.05, 0.1) is 24.8 Å². The zero-order chi connectivity index (χ0) is 15.2. The lowest BCUT2D eigenvalue weighted by Crippen LogP contribution is -2.69. The maximum atomic E-state index is 13.0. The third-order valence-corrected chi connectivity index (χ3v) is 3.53. The molecular formula is C13H22F2N2O3. The van der Waals surface area contributed by atoms with Crippen LogP contribution in [0.25, 0.3) is 0 Å². The summed E-state index contributed by atoms with van der Waals surface area (Å²) in [7, 11) is 0. The fourth-order valence-electron chi connectivity index (χ4n) is 2.63. The molecule has 1 amide bonds. The molecule has 2 rings (SSSR count). The van der Waals surface area contributed by atoms with Gasteiger partial charge in [-0.15, -0.1) is 0 Å². The molecule has 1 atom stereocenters. The Morgan fingerprint density at radius 3 is 2.50 bits per heavy atom. The molecule has 1 aliphatic carbocycles. The molecule has 0 aromatic rings.